The molecule has 1 saturated heterocycles. The Balaban J connectivity index is 2.03. The number of para-hydroxylation sites is 1. The van der Waals surface area contributed by atoms with Crippen LogP contribution in [0.15, 0.2) is 24.3 Å². The molecule has 1 aliphatic rings. The van der Waals surface area contributed by atoms with Crippen LogP contribution in [0.4, 0.5) is 11.8 Å². The average Bonchev–Trinajstić information content (AvgIpc) is 2.95. The van der Waals surface area contributed by atoms with E-state index in [2.05, 4.69) is 26.3 Å². The number of aliphatic hydroxyl groups excluding tert-OH is 1. The van der Waals surface area contributed by atoms with Crippen LogP contribution < -0.4 is 10.2 Å². The Morgan fingerprint density at radius 3 is 2.95 bits per heavy atom. The van der Waals surface area contributed by atoms with E-state index in [0.717, 1.165) is 42.8 Å². The van der Waals surface area contributed by atoms with Crippen molar-refractivity contribution in [2.24, 2.45) is 5.92 Å². The van der Waals surface area contributed by atoms with E-state index in [1.165, 1.54) is 0 Å². The summed E-state index contributed by atoms with van der Waals surface area (Å²) < 4.78 is 0. The molecule has 2 N–H and O–H groups in total. The Morgan fingerprint density at radius 1 is 1.35 bits per heavy atom. The molecule has 0 spiro atoms. The fourth-order valence-corrected chi connectivity index (χ4v) is 2.71. The number of hydrogen-bond donors (Lipinski definition) is 2. The van der Waals surface area contributed by atoms with Crippen molar-refractivity contribution in [2.75, 3.05) is 36.5 Å². The number of nitrogens with one attached hydrogen (secondary N) is 1. The van der Waals surface area contributed by atoms with Gasteiger partial charge in [-0.25, -0.2) is 4.98 Å². The van der Waals surface area contributed by atoms with E-state index in [1.54, 1.807) is 0 Å². The summed E-state index contributed by atoms with van der Waals surface area (Å²) in [6, 6.07) is 8.09. The molecule has 0 amide bonds. The van der Waals surface area contributed by atoms with E-state index in [4.69, 9.17) is 0 Å². The highest BCUT2D eigenvalue weighted by atomic mass is 16.3. The molecule has 2 heterocycles. The Kier molecular flexibility index (Phi) is 3.69. The van der Waals surface area contributed by atoms with E-state index in [9.17, 15) is 5.11 Å². The van der Waals surface area contributed by atoms with Crippen molar-refractivity contribution < 1.29 is 5.11 Å². The van der Waals surface area contributed by atoms with Gasteiger partial charge in [0.05, 0.1) is 5.52 Å². The largest absolute Gasteiger partial charge is 0.396 e. The lowest BCUT2D eigenvalue weighted by molar-refractivity contribution is 0.238. The minimum absolute atomic E-state index is 0.250. The van der Waals surface area contributed by atoms with Crippen LogP contribution in [0.3, 0.4) is 0 Å². The molecule has 0 saturated carbocycles. The predicted molar refractivity (Wildman–Crippen MR) is 81.1 cm³/mol. The molecule has 3 rings (SSSR count). The number of aromatic nitrogens is 2. The second kappa shape index (κ2) is 5.63. The molecule has 1 aromatic carbocycles. The third kappa shape index (κ3) is 2.41. The van der Waals surface area contributed by atoms with Crippen LogP contribution in [0.5, 0.6) is 0 Å². The Hall–Kier alpha value is -1.88. The van der Waals surface area contributed by atoms with Crippen LogP contribution in [0, 0.1) is 5.92 Å². The van der Waals surface area contributed by atoms with Crippen molar-refractivity contribution in [2.45, 2.75) is 13.3 Å². The SMILES string of the molecule is CCNc1nc(N2CCC(CO)C2)c2ccccc2n1. The fourth-order valence-electron chi connectivity index (χ4n) is 2.71. The first-order chi connectivity index (χ1) is 9.81. The quantitative estimate of drug-likeness (QED) is 0.890. The molecule has 1 fully saturated rings. The third-order valence-corrected chi connectivity index (χ3v) is 3.76. The van der Waals surface area contributed by atoms with Crippen molar-refractivity contribution in [3.8, 4) is 0 Å². The van der Waals surface area contributed by atoms with Crippen molar-refractivity contribution >= 4 is 22.7 Å². The number of rotatable bonds is 4. The van der Waals surface area contributed by atoms with Gasteiger partial charge in [0.2, 0.25) is 5.95 Å². The number of hydrogen-bond acceptors (Lipinski definition) is 5. The van der Waals surface area contributed by atoms with Gasteiger partial charge in [0, 0.05) is 37.5 Å². The lowest BCUT2D eigenvalue weighted by atomic mass is 10.1. The van der Waals surface area contributed by atoms with E-state index in [-0.39, 0.29) is 6.61 Å². The van der Waals surface area contributed by atoms with E-state index >= 15 is 0 Å². The van der Waals surface area contributed by atoms with Crippen molar-refractivity contribution in [1.29, 1.82) is 0 Å². The highest BCUT2D eigenvalue weighted by Crippen LogP contribution is 2.29. The van der Waals surface area contributed by atoms with Gasteiger partial charge in [0.15, 0.2) is 0 Å². The molecule has 106 valence electrons. The van der Waals surface area contributed by atoms with Crippen molar-refractivity contribution in [1.82, 2.24) is 9.97 Å². The van der Waals surface area contributed by atoms with Crippen LogP contribution in [0.1, 0.15) is 13.3 Å². The molecule has 0 radical (unpaired) electrons. The summed E-state index contributed by atoms with van der Waals surface area (Å²) in [6.07, 6.45) is 1.02. The first-order valence-corrected chi connectivity index (χ1v) is 7.18. The zero-order valence-electron chi connectivity index (χ0n) is 11.7. The van der Waals surface area contributed by atoms with E-state index < -0.39 is 0 Å². The smallest absolute Gasteiger partial charge is 0.225 e. The Morgan fingerprint density at radius 2 is 2.20 bits per heavy atom. The normalized spacial score (nSPS) is 18.7. The monoisotopic (exact) mass is 272 g/mol. The molecule has 20 heavy (non-hydrogen) atoms. The molecule has 2 aromatic rings. The van der Waals surface area contributed by atoms with Gasteiger partial charge in [-0.2, -0.15) is 4.98 Å². The maximum Gasteiger partial charge on any atom is 0.225 e. The first-order valence-electron chi connectivity index (χ1n) is 7.18. The van der Waals surface area contributed by atoms with Gasteiger partial charge in [-0.15, -0.1) is 0 Å². The topological polar surface area (TPSA) is 61.3 Å². The number of benzene rings is 1. The number of anilines is 2. The highest BCUT2D eigenvalue weighted by Gasteiger charge is 2.24. The van der Waals surface area contributed by atoms with E-state index in [1.807, 2.05) is 25.1 Å². The van der Waals surface area contributed by atoms with Gasteiger partial charge in [0.25, 0.3) is 0 Å². The number of nitrogens with zero attached hydrogens (tertiary/aromatic N) is 3. The maximum absolute atomic E-state index is 9.31. The van der Waals surface area contributed by atoms with E-state index in [0.29, 0.717) is 11.9 Å². The summed E-state index contributed by atoms with van der Waals surface area (Å²) >= 11 is 0. The second-order valence-corrected chi connectivity index (χ2v) is 5.20. The molecule has 5 nitrogen and oxygen atoms in total. The standard InChI is InChI=1S/C15H20N4O/c1-2-16-15-17-13-6-4-3-5-12(13)14(18-15)19-8-7-11(9-19)10-20/h3-6,11,20H,2,7-10H2,1H3,(H,16,17,18). The number of aliphatic hydroxyl groups is 1. The summed E-state index contributed by atoms with van der Waals surface area (Å²) in [6.45, 7) is 4.90. The van der Waals surface area contributed by atoms with Gasteiger partial charge in [-0.1, -0.05) is 12.1 Å². The summed E-state index contributed by atoms with van der Waals surface area (Å²) in [5, 5.41) is 13.6. The zero-order chi connectivity index (χ0) is 13.9. The maximum atomic E-state index is 9.31. The minimum Gasteiger partial charge on any atom is -0.396 e. The van der Waals surface area contributed by atoms with Gasteiger partial charge < -0.3 is 15.3 Å². The summed E-state index contributed by atoms with van der Waals surface area (Å²) in [4.78, 5) is 11.5. The van der Waals surface area contributed by atoms with Crippen LogP contribution in [0.25, 0.3) is 10.9 Å². The first kappa shape index (κ1) is 13.1. The lowest BCUT2D eigenvalue weighted by Gasteiger charge is -2.20. The summed E-state index contributed by atoms with van der Waals surface area (Å²) in [5.74, 6) is 2.00. The van der Waals surface area contributed by atoms with Gasteiger partial charge in [0.1, 0.15) is 5.82 Å². The summed E-state index contributed by atoms with van der Waals surface area (Å²) in [7, 11) is 0. The Bertz CT molecular complexity index is 601. The van der Waals surface area contributed by atoms with Crippen molar-refractivity contribution in [3.63, 3.8) is 0 Å². The molecule has 1 atom stereocenters. The lowest BCUT2D eigenvalue weighted by Crippen LogP contribution is -2.22. The summed E-state index contributed by atoms with van der Waals surface area (Å²) in [5.41, 5.74) is 0.959. The third-order valence-electron chi connectivity index (χ3n) is 3.76. The molecule has 1 unspecified atom stereocenters. The average molecular weight is 272 g/mol. The molecule has 5 heteroatoms. The molecule has 0 aliphatic carbocycles. The van der Waals surface area contributed by atoms with Crippen LogP contribution in [-0.4, -0.2) is 41.3 Å². The van der Waals surface area contributed by atoms with Crippen LogP contribution in [-0.2, 0) is 0 Å². The molecular formula is C15H20N4O. The molecule has 1 aliphatic heterocycles. The van der Waals surface area contributed by atoms with Gasteiger partial charge >= 0.3 is 0 Å². The van der Waals surface area contributed by atoms with Gasteiger partial charge in [-0.05, 0) is 25.5 Å². The second-order valence-electron chi connectivity index (χ2n) is 5.20. The van der Waals surface area contributed by atoms with Crippen molar-refractivity contribution in [3.05, 3.63) is 24.3 Å². The highest BCUT2D eigenvalue weighted by molar-refractivity contribution is 5.90. The predicted octanol–water partition coefficient (Wildman–Crippen LogP) is 1.88. The van der Waals surface area contributed by atoms with Crippen LogP contribution >= 0.6 is 0 Å². The fraction of sp³-hybridized carbons (Fsp3) is 0.467. The van der Waals surface area contributed by atoms with Crippen LogP contribution in [0.2, 0.25) is 0 Å². The molecule has 0 bridgehead atoms. The minimum atomic E-state index is 0.250. The zero-order valence-corrected chi connectivity index (χ0v) is 11.7. The Labute approximate surface area is 118 Å². The molecular weight excluding hydrogens is 252 g/mol. The number of fused-ring (bicyclic) bond motifs is 1. The molecule has 1 aromatic heterocycles. The van der Waals surface area contributed by atoms with Gasteiger partial charge in [-0.3, -0.25) is 0 Å².